The molecule has 1 amide bonds. The molecule has 0 saturated carbocycles. The summed E-state index contributed by atoms with van der Waals surface area (Å²) in [5.41, 5.74) is 0. The molecule has 1 fully saturated rings. The number of ether oxygens (including phenoxy) is 2. The topological polar surface area (TPSA) is 76.1 Å². The zero-order chi connectivity index (χ0) is 14.5. The Bertz CT molecular complexity index is 502. The number of nitrogens with zero attached hydrogens (tertiary/aromatic N) is 1. The Morgan fingerprint density at radius 2 is 2.10 bits per heavy atom. The highest BCUT2D eigenvalue weighted by Crippen LogP contribution is 2.26. The third-order valence-corrected chi connectivity index (χ3v) is 3.25. The quantitative estimate of drug-likeness (QED) is 0.841. The number of carboxylic acids is 1. The van der Waals surface area contributed by atoms with Gasteiger partial charge in [-0.2, -0.15) is 0 Å². The highest BCUT2D eigenvalue weighted by Gasteiger charge is 2.33. The van der Waals surface area contributed by atoms with Gasteiger partial charge < -0.3 is 19.5 Å². The van der Waals surface area contributed by atoms with E-state index >= 15 is 0 Å². The van der Waals surface area contributed by atoms with Gasteiger partial charge in [-0.15, -0.1) is 0 Å². The SMILES string of the molecule is COc1ccccc1OCCN1C[C@@H](C(=O)O)CC1=O. The maximum absolute atomic E-state index is 11.6. The number of amides is 1. The summed E-state index contributed by atoms with van der Waals surface area (Å²) in [6.07, 6.45) is 0.0734. The molecule has 2 rings (SSSR count). The highest BCUT2D eigenvalue weighted by atomic mass is 16.5. The zero-order valence-corrected chi connectivity index (χ0v) is 11.2. The lowest BCUT2D eigenvalue weighted by Crippen LogP contribution is -2.30. The van der Waals surface area contributed by atoms with Gasteiger partial charge in [-0.05, 0) is 12.1 Å². The molecule has 6 heteroatoms. The lowest BCUT2D eigenvalue weighted by Gasteiger charge is -2.17. The van der Waals surface area contributed by atoms with Crippen molar-refractivity contribution in [1.82, 2.24) is 4.90 Å². The first-order valence-corrected chi connectivity index (χ1v) is 6.38. The molecule has 108 valence electrons. The summed E-state index contributed by atoms with van der Waals surface area (Å²) in [7, 11) is 1.56. The van der Waals surface area contributed by atoms with Crippen LogP contribution in [0.1, 0.15) is 6.42 Å². The molecule has 1 aliphatic rings. The van der Waals surface area contributed by atoms with E-state index in [1.165, 1.54) is 4.90 Å². The molecule has 1 aromatic carbocycles. The lowest BCUT2D eigenvalue weighted by molar-refractivity contribution is -0.141. The number of benzene rings is 1. The van der Waals surface area contributed by atoms with Gasteiger partial charge in [0.15, 0.2) is 11.5 Å². The minimum atomic E-state index is -0.925. The van der Waals surface area contributed by atoms with Crippen LogP contribution in [0.15, 0.2) is 24.3 Å². The standard InChI is InChI=1S/C14H17NO5/c1-19-11-4-2-3-5-12(11)20-7-6-15-9-10(14(17)18)8-13(15)16/h2-5,10H,6-9H2,1H3,(H,17,18)/t10-/m0/s1. The van der Waals surface area contributed by atoms with Gasteiger partial charge in [0, 0.05) is 13.0 Å². The van der Waals surface area contributed by atoms with Crippen LogP contribution in [0, 0.1) is 5.92 Å². The first-order valence-electron chi connectivity index (χ1n) is 6.38. The maximum Gasteiger partial charge on any atom is 0.308 e. The van der Waals surface area contributed by atoms with E-state index in [9.17, 15) is 9.59 Å². The van der Waals surface area contributed by atoms with Crippen molar-refractivity contribution in [2.75, 3.05) is 26.8 Å². The molecule has 0 spiro atoms. The van der Waals surface area contributed by atoms with Crippen LogP contribution in [0.4, 0.5) is 0 Å². The predicted molar refractivity (Wildman–Crippen MR) is 70.8 cm³/mol. The molecular weight excluding hydrogens is 262 g/mol. The normalized spacial score (nSPS) is 18.1. The summed E-state index contributed by atoms with van der Waals surface area (Å²) in [5, 5.41) is 8.89. The van der Waals surface area contributed by atoms with Crippen molar-refractivity contribution in [3.8, 4) is 11.5 Å². The Hall–Kier alpha value is -2.24. The Morgan fingerprint density at radius 3 is 2.70 bits per heavy atom. The number of hydrogen-bond acceptors (Lipinski definition) is 4. The molecule has 0 bridgehead atoms. The van der Waals surface area contributed by atoms with Crippen molar-refractivity contribution in [2.45, 2.75) is 6.42 Å². The summed E-state index contributed by atoms with van der Waals surface area (Å²) in [6, 6.07) is 7.24. The fraction of sp³-hybridized carbons (Fsp3) is 0.429. The van der Waals surface area contributed by atoms with Crippen LogP contribution in [-0.4, -0.2) is 48.7 Å². The summed E-state index contributed by atoms with van der Waals surface area (Å²) in [5.74, 6) is -0.429. The number of aliphatic carboxylic acids is 1. The Balaban J connectivity index is 1.84. The van der Waals surface area contributed by atoms with Crippen molar-refractivity contribution in [3.63, 3.8) is 0 Å². The molecule has 0 radical (unpaired) electrons. The van der Waals surface area contributed by atoms with Gasteiger partial charge in [-0.25, -0.2) is 0 Å². The molecule has 0 aliphatic carbocycles. The second-order valence-corrected chi connectivity index (χ2v) is 4.58. The number of methoxy groups -OCH3 is 1. The molecular formula is C14H17NO5. The monoisotopic (exact) mass is 279 g/mol. The molecule has 1 aromatic rings. The first-order chi connectivity index (χ1) is 9.61. The van der Waals surface area contributed by atoms with Crippen LogP contribution in [0.3, 0.4) is 0 Å². The smallest absolute Gasteiger partial charge is 0.308 e. The van der Waals surface area contributed by atoms with Crippen LogP contribution in [-0.2, 0) is 9.59 Å². The van der Waals surface area contributed by atoms with Crippen molar-refractivity contribution in [3.05, 3.63) is 24.3 Å². The number of carbonyl (C=O) groups excluding carboxylic acids is 1. The van der Waals surface area contributed by atoms with Crippen molar-refractivity contribution in [1.29, 1.82) is 0 Å². The Kier molecular flexibility index (Phi) is 4.45. The average Bonchev–Trinajstić information content (AvgIpc) is 2.81. The third kappa shape index (κ3) is 3.20. The zero-order valence-electron chi connectivity index (χ0n) is 11.2. The number of rotatable bonds is 6. The van der Waals surface area contributed by atoms with Gasteiger partial charge in [0.1, 0.15) is 6.61 Å². The maximum atomic E-state index is 11.6. The summed E-state index contributed by atoms with van der Waals surface area (Å²) < 4.78 is 10.7. The van der Waals surface area contributed by atoms with Crippen molar-refractivity contribution in [2.24, 2.45) is 5.92 Å². The minimum Gasteiger partial charge on any atom is -0.493 e. The van der Waals surface area contributed by atoms with E-state index in [0.717, 1.165) is 0 Å². The molecule has 1 saturated heterocycles. The summed E-state index contributed by atoms with van der Waals surface area (Å²) in [6.45, 7) is 0.933. The number of carbonyl (C=O) groups is 2. The van der Waals surface area contributed by atoms with Crippen LogP contribution >= 0.6 is 0 Å². The molecule has 1 heterocycles. The fourth-order valence-corrected chi connectivity index (χ4v) is 2.16. The molecule has 20 heavy (non-hydrogen) atoms. The van der Waals surface area contributed by atoms with E-state index in [2.05, 4.69) is 0 Å². The van der Waals surface area contributed by atoms with Crippen LogP contribution in [0.5, 0.6) is 11.5 Å². The van der Waals surface area contributed by atoms with Gasteiger partial charge in [0.25, 0.3) is 0 Å². The van der Waals surface area contributed by atoms with Crippen molar-refractivity contribution >= 4 is 11.9 Å². The van der Waals surface area contributed by atoms with Gasteiger partial charge in [-0.3, -0.25) is 9.59 Å². The second-order valence-electron chi connectivity index (χ2n) is 4.58. The summed E-state index contributed by atoms with van der Waals surface area (Å²) in [4.78, 5) is 24.0. The Morgan fingerprint density at radius 1 is 1.40 bits per heavy atom. The third-order valence-electron chi connectivity index (χ3n) is 3.25. The highest BCUT2D eigenvalue weighted by molar-refractivity contribution is 5.86. The van der Waals surface area contributed by atoms with E-state index in [4.69, 9.17) is 14.6 Å². The predicted octanol–water partition coefficient (Wildman–Crippen LogP) is 1.01. The largest absolute Gasteiger partial charge is 0.493 e. The molecule has 1 N–H and O–H groups in total. The average molecular weight is 279 g/mol. The number of para-hydroxylation sites is 2. The molecule has 0 aromatic heterocycles. The van der Waals surface area contributed by atoms with Gasteiger partial charge >= 0.3 is 5.97 Å². The fourth-order valence-electron chi connectivity index (χ4n) is 2.16. The van der Waals surface area contributed by atoms with Crippen LogP contribution < -0.4 is 9.47 Å². The van der Waals surface area contributed by atoms with E-state index < -0.39 is 11.9 Å². The molecule has 6 nitrogen and oxygen atoms in total. The minimum absolute atomic E-state index is 0.0734. The van der Waals surface area contributed by atoms with E-state index in [-0.39, 0.29) is 18.9 Å². The van der Waals surface area contributed by atoms with Gasteiger partial charge in [0.05, 0.1) is 19.6 Å². The Labute approximate surface area is 116 Å². The number of hydrogen-bond donors (Lipinski definition) is 1. The van der Waals surface area contributed by atoms with Gasteiger partial charge in [0.2, 0.25) is 5.91 Å². The second kappa shape index (κ2) is 6.27. The first kappa shape index (κ1) is 14.2. The lowest BCUT2D eigenvalue weighted by atomic mass is 10.1. The number of likely N-dealkylation sites (tertiary alicyclic amines) is 1. The molecule has 0 unspecified atom stereocenters. The summed E-state index contributed by atoms with van der Waals surface area (Å²) >= 11 is 0. The van der Waals surface area contributed by atoms with E-state index in [1.54, 1.807) is 19.2 Å². The van der Waals surface area contributed by atoms with E-state index in [1.807, 2.05) is 12.1 Å². The van der Waals surface area contributed by atoms with Crippen LogP contribution in [0.25, 0.3) is 0 Å². The molecule has 1 atom stereocenters. The van der Waals surface area contributed by atoms with Crippen molar-refractivity contribution < 1.29 is 24.2 Å². The van der Waals surface area contributed by atoms with Crippen LogP contribution in [0.2, 0.25) is 0 Å². The molecule has 1 aliphatic heterocycles. The number of carboxylic acid groups (broad SMARTS) is 1. The van der Waals surface area contributed by atoms with Gasteiger partial charge in [-0.1, -0.05) is 12.1 Å². The van der Waals surface area contributed by atoms with E-state index in [0.29, 0.717) is 24.7 Å².